The Bertz CT molecular complexity index is 957. The molecule has 0 saturated heterocycles. The van der Waals surface area contributed by atoms with Crippen LogP contribution in [-0.2, 0) is 14.3 Å². The van der Waals surface area contributed by atoms with Crippen LogP contribution in [0.5, 0.6) is 0 Å². The first-order valence-corrected chi connectivity index (χ1v) is 23.9. The fourth-order valence-electron chi connectivity index (χ4n) is 6.83. The molecule has 0 aliphatic rings. The molecule has 2 atom stereocenters. The highest BCUT2D eigenvalue weighted by atomic mass is 16.5. The minimum absolute atomic E-state index is 0.0420. The Morgan fingerprint density at radius 3 is 1.39 bits per heavy atom. The van der Waals surface area contributed by atoms with Gasteiger partial charge in [0, 0.05) is 12.8 Å². The third-order valence-electron chi connectivity index (χ3n) is 10.6. The molecule has 0 aromatic rings. The molecule has 0 heterocycles. The van der Waals surface area contributed by atoms with Crippen LogP contribution < -0.4 is 5.32 Å². The molecule has 0 saturated carbocycles. The molecule has 3 N–H and O–H groups in total. The summed E-state index contributed by atoms with van der Waals surface area (Å²) in [7, 11) is 0. The van der Waals surface area contributed by atoms with Gasteiger partial charge in [-0.25, -0.2) is 0 Å². The summed E-state index contributed by atoms with van der Waals surface area (Å²) in [6, 6.07) is -0.648. The largest absolute Gasteiger partial charge is 0.466 e. The van der Waals surface area contributed by atoms with E-state index in [4.69, 9.17) is 4.74 Å². The summed E-state index contributed by atoms with van der Waals surface area (Å²) < 4.78 is 5.43. The maximum atomic E-state index is 12.4. The lowest BCUT2D eigenvalue weighted by Crippen LogP contribution is -2.45. The number of hydrogen-bond acceptors (Lipinski definition) is 5. The van der Waals surface area contributed by atoms with Crippen molar-refractivity contribution in [2.24, 2.45) is 0 Å². The highest BCUT2D eigenvalue weighted by molar-refractivity contribution is 5.76. The van der Waals surface area contributed by atoms with Gasteiger partial charge in [0.15, 0.2) is 0 Å². The number of aliphatic hydroxyl groups is 2. The standard InChI is InChI=1S/C50H91NO5/c1-3-5-7-9-11-13-15-16-17-18-19-20-21-24-28-32-36-40-44-50(55)56-45-41-37-33-29-25-22-23-27-31-35-39-43-49(54)51-47(46-52)48(53)42-38-34-30-26-14-12-10-8-6-4-2/h13,15,17-18,25,29,38,42,47-48,52-53H,3-12,14,16,19-24,26-28,30-37,39-41,43-46H2,1-2H3,(H,51,54)/b15-13-,18-17-,29-25-,42-38+. The van der Waals surface area contributed by atoms with E-state index in [-0.39, 0.29) is 18.5 Å². The van der Waals surface area contributed by atoms with Gasteiger partial charge in [0.05, 0.1) is 25.4 Å². The average molecular weight is 786 g/mol. The van der Waals surface area contributed by atoms with Crippen LogP contribution in [0.4, 0.5) is 0 Å². The Morgan fingerprint density at radius 1 is 0.500 bits per heavy atom. The molecule has 0 spiro atoms. The second-order valence-corrected chi connectivity index (χ2v) is 16.1. The Labute approximate surface area is 346 Å². The van der Waals surface area contributed by atoms with Crippen LogP contribution in [0.3, 0.4) is 0 Å². The predicted molar refractivity (Wildman–Crippen MR) is 241 cm³/mol. The van der Waals surface area contributed by atoms with Crippen LogP contribution in [0.15, 0.2) is 48.6 Å². The number of carbonyl (C=O) groups is 2. The van der Waals surface area contributed by atoms with Gasteiger partial charge in [-0.1, -0.05) is 178 Å². The van der Waals surface area contributed by atoms with Crippen molar-refractivity contribution in [3.63, 3.8) is 0 Å². The van der Waals surface area contributed by atoms with E-state index in [1.54, 1.807) is 6.08 Å². The lowest BCUT2D eigenvalue weighted by Gasteiger charge is -2.20. The topological polar surface area (TPSA) is 95.9 Å². The van der Waals surface area contributed by atoms with E-state index in [1.807, 2.05) is 6.08 Å². The van der Waals surface area contributed by atoms with Gasteiger partial charge in [0.2, 0.25) is 5.91 Å². The van der Waals surface area contributed by atoms with E-state index in [0.29, 0.717) is 19.4 Å². The summed E-state index contributed by atoms with van der Waals surface area (Å²) in [5, 5.41) is 22.9. The van der Waals surface area contributed by atoms with Gasteiger partial charge in [0.1, 0.15) is 0 Å². The fraction of sp³-hybridized carbons (Fsp3) is 0.800. The number of amides is 1. The number of rotatable bonds is 43. The van der Waals surface area contributed by atoms with Crippen LogP contribution >= 0.6 is 0 Å². The lowest BCUT2D eigenvalue weighted by molar-refractivity contribution is -0.143. The minimum Gasteiger partial charge on any atom is -0.466 e. The van der Waals surface area contributed by atoms with E-state index < -0.39 is 12.1 Å². The molecular formula is C50H91NO5. The molecule has 0 fully saturated rings. The van der Waals surface area contributed by atoms with Gasteiger partial charge >= 0.3 is 5.97 Å². The van der Waals surface area contributed by atoms with Crippen LogP contribution in [-0.4, -0.2) is 47.4 Å². The molecule has 56 heavy (non-hydrogen) atoms. The van der Waals surface area contributed by atoms with Gasteiger partial charge < -0.3 is 20.3 Å². The molecule has 0 rings (SSSR count). The van der Waals surface area contributed by atoms with Crippen molar-refractivity contribution in [2.45, 2.75) is 244 Å². The first kappa shape index (κ1) is 53.8. The lowest BCUT2D eigenvalue weighted by atomic mass is 10.1. The van der Waals surface area contributed by atoms with Crippen LogP contribution in [0.2, 0.25) is 0 Å². The predicted octanol–water partition coefficient (Wildman–Crippen LogP) is 13.9. The smallest absolute Gasteiger partial charge is 0.305 e. The summed E-state index contributed by atoms with van der Waals surface area (Å²) >= 11 is 0. The fourth-order valence-corrected chi connectivity index (χ4v) is 6.83. The molecule has 0 bridgehead atoms. The summed E-state index contributed by atoms with van der Waals surface area (Å²) in [5.41, 5.74) is 0. The van der Waals surface area contributed by atoms with E-state index in [0.717, 1.165) is 89.9 Å². The zero-order valence-electron chi connectivity index (χ0n) is 36.8. The van der Waals surface area contributed by atoms with E-state index in [9.17, 15) is 19.8 Å². The SMILES string of the molecule is CCCCCC/C=C\C/C=C\CCCCCCCCCC(=O)OCCCC/C=C\CCCCCCCC(=O)NC(CO)C(O)/C=C/CCCCCCCCCC. The molecule has 0 aromatic heterocycles. The molecule has 6 heteroatoms. The molecular weight excluding hydrogens is 695 g/mol. The van der Waals surface area contributed by atoms with Gasteiger partial charge in [-0.05, 0) is 89.9 Å². The third kappa shape index (κ3) is 41.5. The first-order chi connectivity index (χ1) is 27.5. The highest BCUT2D eigenvalue weighted by Crippen LogP contribution is 2.13. The van der Waals surface area contributed by atoms with Crippen molar-refractivity contribution in [2.75, 3.05) is 13.2 Å². The van der Waals surface area contributed by atoms with E-state index >= 15 is 0 Å². The zero-order valence-corrected chi connectivity index (χ0v) is 36.8. The van der Waals surface area contributed by atoms with Gasteiger partial charge in [-0.15, -0.1) is 0 Å². The van der Waals surface area contributed by atoms with Crippen LogP contribution in [0.1, 0.15) is 232 Å². The molecule has 0 aliphatic carbocycles. The molecule has 1 amide bonds. The average Bonchev–Trinajstić information content (AvgIpc) is 3.20. The number of unbranched alkanes of at least 4 members (excludes halogenated alkanes) is 26. The number of hydrogen-bond donors (Lipinski definition) is 3. The number of carbonyl (C=O) groups excluding carboxylic acids is 2. The number of aliphatic hydroxyl groups excluding tert-OH is 2. The van der Waals surface area contributed by atoms with Crippen LogP contribution in [0, 0.1) is 0 Å². The molecule has 6 nitrogen and oxygen atoms in total. The zero-order chi connectivity index (χ0) is 40.8. The Morgan fingerprint density at radius 2 is 0.893 bits per heavy atom. The van der Waals surface area contributed by atoms with Gasteiger partial charge in [0.25, 0.3) is 0 Å². The number of allylic oxidation sites excluding steroid dienone is 7. The maximum Gasteiger partial charge on any atom is 0.305 e. The number of esters is 1. The number of nitrogens with one attached hydrogen (secondary N) is 1. The van der Waals surface area contributed by atoms with Crippen molar-refractivity contribution in [1.29, 1.82) is 0 Å². The summed E-state index contributed by atoms with van der Waals surface area (Å²) in [6.45, 7) is 4.76. The first-order valence-electron chi connectivity index (χ1n) is 23.9. The summed E-state index contributed by atoms with van der Waals surface area (Å²) in [4.78, 5) is 24.4. The monoisotopic (exact) mass is 786 g/mol. The Hall–Kier alpha value is -2.18. The van der Waals surface area contributed by atoms with Crippen LogP contribution in [0.25, 0.3) is 0 Å². The molecule has 2 unspecified atom stereocenters. The second kappa shape index (κ2) is 45.5. The second-order valence-electron chi connectivity index (χ2n) is 16.1. The van der Waals surface area contributed by atoms with Crippen molar-refractivity contribution in [3.05, 3.63) is 48.6 Å². The maximum absolute atomic E-state index is 12.4. The summed E-state index contributed by atoms with van der Waals surface area (Å²) in [6.07, 6.45) is 55.3. The third-order valence-corrected chi connectivity index (χ3v) is 10.6. The van der Waals surface area contributed by atoms with E-state index in [2.05, 4.69) is 55.6 Å². The quantitative estimate of drug-likeness (QED) is 0.0325. The minimum atomic E-state index is -0.862. The molecule has 0 radical (unpaired) electrons. The number of ether oxygens (including phenoxy) is 1. The van der Waals surface area contributed by atoms with Gasteiger partial charge in [-0.3, -0.25) is 9.59 Å². The highest BCUT2D eigenvalue weighted by Gasteiger charge is 2.18. The van der Waals surface area contributed by atoms with Crippen molar-refractivity contribution >= 4 is 11.9 Å². The molecule has 0 aliphatic heterocycles. The normalized spacial score (nSPS) is 13.1. The summed E-state index contributed by atoms with van der Waals surface area (Å²) in [5.74, 6) is -0.144. The van der Waals surface area contributed by atoms with Gasteiger partial charge in [-0.2, -0.15) is 0 Å². The van der Waals surface area contributed by atoms with Crippen molar-refractivity contribution in [3.8, 4) is 0 Å². The van der Waals surface area contributed by atoms with Crippen molar-refractivity contribution in [1.82, 2.24) is 5.32 Å². The Kier molecular flexibility index (Phi) is 43.7. The molecule has 326 valence electrons. The Balaban J connectivity index is 3.54. The van der Waals surface area contributed by atoms with E-state index in [1.165, 1.54) is 116 Å². The molecule has 0 aromatic carbocycles. The van der Waals surface area contributed by atoms with Crippen molar-refractivity contribution < 1.29 is 24.5 Å².